The summed E-state index contributed by atoms with van der Waals surface area (Å²) in [7, 11) is 0. The maximum Gasteiger partial charge on any atom is 0.408 e. The van der Waals surface area contributed by atoms with Crippen LogP contribution in [0.4, 0.5) is 4.79 Å². The van der Waals surface area contributed by atoms with Crippen molar-refractivity contribution in [2.24, 2.45) is 5.92 Å². The molecule has 0 spiro atoms. The van der Waals surface area contributed by atoms with Gasteiger partial charge in [-0.2, -0.15) is 0 Å². The first-order valence-electron chi connectivity index (χ1n) is 12.8. The van der Waals surface area contributed by atoms with Crippen LogP contribution in [0.5, 0.6) is 0 Å². The largest absolute Gasteiger partial charge is 0.444 e. The second-order valence-electron chi connectivity index (χ2n) is 11.5. The normalized spacial score (nSPS) is 13.7. The highest BCUT2D eigenvalue weighted by molar-refractivity contribution is 5.92. The summed E-state index contributed by atoms with van der Waals surface area (Å²) >= 11 is 0. The molecule has 2 N–H and O–H groups in total. The standard InChI is InChI=1S/C28H47N3O4/c1-11-13-18-31(25(33)22(19(3)4)29-26(34)35-28(8,9)10)23(24(32)30-27(5,6)7)21-16-14-20(12-2)15-17-21/h14-17,19,22-23H,11-13,18H2,1-10H3,(H,29,34)(H,30,32). The van der Waals surface area contributed by atoms with Gasteiger partial charge in [-0.3, -0.25) is 9.59 Å². The fourth-order valence-corrected chi connectivity index (χ4v) is 3.67. The summed E-state index contributed by atoms with van der Waals surface area (Å²) in [6.07, 6.45) is 1.82. The Bertz CT molecular complexity index is 835. The third kappa shape index (κ3) is 10.3. The van der Waals surface area contributed by atoms with Gasteiger partial charge >= 0.3 is 6.09 Å². The first-order valence-corrected chi connectivity index (χ1v) is 12.8. The highest BCUT2D eigenvalue weighted by Crippen LogP contribution is 2.26. The molecule has 2 atom stereocenters. The van der Waals surface area contributed by atoms with Crippen molar-refractivity contribution in [3.05, 3.63) is 35.4 Å². The van der Waals surface area contributed by atoms with E-state index in [1.54, 1.807) is 25.7 Å². The third-order valence-corrected chi connectivity index (χ3v) is 5.40. The van der Waals surface area contributed by atoms with E-state index in [9.17, 15) is 14.4 Å². The number of ether oxygens (including phenoxy) is 1. The summed E-state index contributed by atoms with van der Waals surface area (Å²) in [5, 5.41) is 5.81. The lowest BCUT2D eigenvalue weighted by molar-refractivity contribution is -0.144. The molecule has 0 bridgehead atoms. The first kappa shape index (κ1) is 30.5. The Hall–Kier alpha value is -2.57. The van der Waals surface area contributed by atoms with Crippen LogP contribution in [0.3, 0.4) is 0 Å². The Balaban J connectivity index is 3.48. The second-order valence-corrected chi connectivity index (χ2v) is 11.5. The number of nitrogens with zero attached hydrogens (tertiary/aromatic N) is 1. The number of carbonyl (C=O) groups excluding carboxylic acids is 3. The minimum atomic E-state index is -0.832. The van der Waals surface area contributed by atoms with Crippen LogP contribution in [0.15, 0.2) is 24.3 Å². The van der Waals surface area contributed by atoms with Crippen molar-refractivity contribution in [3.63, 3.8) is 0 Å². The highest BCUT2D eigenvalue weighted by Gasteiger charge is 2.38. The van der Waals surface area contributed by atoms with Crippen LogP contribution in [0.25, 0.3) is 0 Å². The topological polar surface area (TPSA) is 87.7 Å². The van der Waals surface area contributed by atoms with Gasteiger partial charge in [0.05, 0.1) is 0 Å². The summed E-state index contributed by atoms with van der Waals surface area (Å²) in [6.45, 7) is 19.3. The van der Waals surface area contributed by atoms with Gasteiger partial charge in [-0.25, -0.2) is 4.79 Å². The molecule has 7 heteroatoms. The van der Waals surface area contributed by atoms with Gasteiger partial charge in [-0.05, 0) is 71.4 Å². The molecule has 3 amide bonds. The number of rotatable bonds is 10. The maximum atomic E-state index is 14.0. The number of benzene rings is 1. The first-order chi connectivity index (χ1) is 16.1. The number of unbranched alkanes of at least 4 members (excludes halogenated alkanes) is 1. The zero-order valence-corrected chi connectivity index (χ0v) is 23.5. The van der Waals surface area contributed by atoms with E-state index in [0.29, 0.717) is 6.54 Å². The van der Waals surface area contributed by atoms with Crippen LogP contribution in [-0.4, -0.2) is 46.5 Å². The van der Waals surface area contributed by atoms with Gasteiger partial charge < -0.3 is 20.3 Å². The Morgan fingerprint density at radius 2 is 1.54 bits per heavy atom. The van der Waals surface area contributed by atoms with Crippen molar-refractivity contribution < 1.29 is 19.1 Å². The van der Waals surface area contributed by atoms with E-state index in [1.807, 2.05) is 65.8 Å². The number of amides is 3. The van der Waals surface area contributed by atoms with E-state index in [4.69, 9.17) is 4.74 Å². The second kappa shape index (κ2) is 12.9. The van der Waals surface area contributed by atoms with Gasteiger partial charge in [0.1, 0.15) is 17.7 Å². The average molecular weight is 490 g/mol. The summed E-state index contributed by atoms with van der Waals surface area (Å²) in [4.78, 5) is 41.8. The van der Waals surface area contributed by atoms with Gasteiger partial charge in [0.25, 0.3) is 0 Å². The van der Waals surface area contributed by atoms with Crippen LogP contribution in [0, 0.1) is 5.92 Å². The van der Waals surface area contributed by atoms with Crippen molar-refractivity contribution in [1.29, 1.82) is 0 Å². The summed E-state index contributed by atoms with van der Waals surface area (Å²) < 4.78 is 5.41. The molecule has 0 saturated carbocycles. The van der Waals surface area contributed by atoms with Crippen LogP contribution >= 0.6 is 0 Å². The zero-order chi connectivity index (χ0) is 27.0. The number of nitrogens with one attached hydrogen (secondary N) is 2. The van der Waals surface area contributed by atoms with Crippen molar-refractivity contribution in [3.8, 4) is 0 Å². The smallest absolute Gasteiger partial charge is 0.408 e. The predicted octanol–water partition coefficient (Wildman–Crippen LogP) is 5.38. The predicted molar refractivity (Wildman–Crippen MR) is 141 cm³/mol. The number of hydrogen-bond acceptors (Lipinski definition) is 4. The molecule has 0 fully saturated rings. The SMILES string of the molecule is CCCCN(C(=O)C(NC(=O)OC(C)(C)C)C(C)C)C(C(=O)NC(C)(C)C)c1ccc(CC)cc1. The van der Waals surface area contributed by atoms with Gasteiger partial charge in [-0.1, -0.05) is 58.4 Å². The summed E-state index contributed by atoms with van der Waals surface area (Å²) in [5.41, 5.74) is 0.742. The molecule has 0 aliphatic rings. The maximum absolute atomic E-state index is 14.0. The van der Waals surface area contributed by atoms with Crippen LogP contribution in [0.2, 0.25) is 0 Å². The molecule has 1 aromatic carbocycles. The van der Waals surface area contributed by atoms with E-state index in [2.05, 4.69) is 17.6 Å². The Morgan fingerprint density at radius 3 is 1.97 bits per heavy atom. The van der Waals surface area contributed by atoms with Crippen molar-refractivity contribution in [2.45, 2.75) is 112 Å². The van der Waals surface area contributed by atoms with Gasteiger partial charge in [0.15, 0.2) is 0 Å². The molecule has 0 saturated heterocycles. The number of alkyl carbamates (subject to hydrolysis) is 1. The molecule has 0 heterocycles. The third-order valence-electron chi connectivity index (χ3n) is 5.40. The van der Waals surface area contributed by atoms with Gasteiger partial charge in [-0.15, -0.1) is 0 Å². The van der Waals surface area contributed by atoms with Gasteiger partial charge in [0, 0.05) is 12.1 Å². The molecule has 2 unspecified atom stereocenters. The molecule has 198 valence electrons. The molecule has 1 aromatic rings. The summed E-state index contributed by atoms with van der Waals surface area (Å²) in [5.74, 6) is -0.744. The van der Waals surface area contributed by atoms with E-state index in [-0.39, 0.29) is 17.7 Å². The van der Waals surface area contributed by atoms with E-state index < -0.39 is 29.3 Å². The van der Waals surface area contributed by atoms with Crippen molar-refractivity contribution >= 4 is 17.9 Å². The molecular formula is C28H47N3O4. The molecule has 1 rings (SSSR count). The lowest BCUT2D eigenvalue weighted by Gasteiger charge is -2.37. The Labute approximate surface area is 212 Å². The molecule has 7 nitrogen and oxygen atoms in total. The van der Waals surface area contributed by atoms with Crippen LogP contribution < -0.4 is 10.6 Å². The lowest BCUT2D eigenvalue weighted by Crippen LogP contribution is -2.56. The monoisotopic (exact) mass is 489 g/mol. The Morgan fingerprint density at radius 1 is 0.971 bits per heavy atom. The van der Waals surface area contributed by atoms with Crippen LogP contribution in [-0.2, 0) is 20.7 Å². The quantitative estimate of drug-likeness (QED) is 0.462. The van der Waals surface area contributed by atoms with Crippen molar-refractivity contribution in [2.75, 3.05) is 6.54 Å². The number of hydrogen-bond donors (Lipinski definition) is 2. The minimum Gasteiger partial charge on any atom is -0.444 e. The number of aryl methyl sites for hydroxylation is 1. The fraction of sp³-hybridized carbons (Fsp3) is 0.679. The average Bonchev–Trinajstić information content (AvgIpc) is 2.72. The molecular weight excluding hydrogens is 442 g/mol. The van der Waals surface area contributed by atoms with E-state index in [0.717, 1.165) is 30.4 Å². The van der Waals surface area contributed by atoms with Crippen LogP contribution in [0.1, 0.15) is 99.2 Å². The molecule has 0 aliphatic heterocycles. The highest BCUT2D eigenvalue weighted by atomic mass is 16.6. The number of carbonyl (C=O) groups is 3. The molecule has 0 aliphatic carbocycles. The van der Waals surface area contributed by atoms with Gasteiger partial charge in [0.2, 0.25) is 11.8 Å². The molecule has 0 aromatic heterocycles. The molecule has 0 radical (unpaired) electrons. The van der Waals surface area contributed by atoms with E-state index >= 15 is 0 Å². The lowest BCUT2D eigenvalue weighted by atomic mass is 9.96. The summed E-state index contributed by atoms with van der Waals surface area (Å²) in [6, 6.07) is 6.18. The fourth-order valence-electron chi connectivity index (χ4n) is 3.67. The molecule has 35 heavy (non-hydrogen) atoms. The van der Waals surface area contributed by atoms with Crippen molar-refractivity contribution in [1.82, 2.24) is 15.5 Å². The Kier molecular flexibility index (Phi) is 11.3. The van der Waals surface area contributed by atoms with E-state index in [1.165, 1.54) is 0 Å². The minimum absolute atomic E-state index is 0.201. The zero-order valence-electron chi connectivity index (χ0n) is 23.5.